The third-order valence-electron chi connectivity index (χ3n) is 5.33. The standard InChI is InChI=1S/C17H25FN2/c18-16-11-14(12-19)3-4-15(16)13-20-9-7-17(8-10-20)5-1-2-6-17/h3-4,11H,1-2,5-10,12-13,19H2. The predicted octanol–water partition coefficient (Wildman–Crippen LogP) is 3.44. The van der Waals surface area contributed by atoms with Crippen molar-refractivity contribution in [3.8, 4) is 0 Å². The van der Waals surface area contributed by atoms with Crippen molar-refractivity contribution < 1.29 is 4.39 Å². The lowest BCUT2D eigenvalue weighted by Crippen LogP contribution is -2.38. The van der Waals surface area contributed by atoms with Gasteiger partial charge in [-0.1, -0.05) is 25.0 Å². The molecule has 20 heavy (non-hydrogen) atoms. The molecule has 1 heterocycles. The molecule has 1 saturated heterocycles. The molecule has 0 radical (unpaired) electrons. The van der Waals surface area contributed by atoms with Crippen molar-refractivity contribution in [2.75, 3.05) is 13.1 Å². The van der Waals surface area contributed by atoms with Crippen LogP contribution in [0.3, 0.4) is 0 Å². The van der Waals surface area contributed by atoms with Crippen molar-refractivity contribution in [3.63, 3.8) is 0 Å². The number of likely N-dealkylation sites (tertiary alicyclic amines) is 1. The maximum absolute atomic E-state index is 14.0. The number of halogens is 1. The lowest BCUT2D eigenvalue weighted by molar-refractivity contribution is 0.103. The lowest BCUT2D eigenvalue weighted by Gasteiger charge is -2.39. The van der Waals surface area contributed by atoms with Gasteiger partial charge in [0, 0.05) is 18.7 Å². The molecule has 1 spiro atoms. The van der Waals surface area contributed by atoms with Crippen LogP contribution in [0.5, 0.6) is 0 Å². The van der Waals surface area contributed by atoms with E-state index in [0.717, 1.165) is 30.8 Å². The van der Waals surface area contributed by atoms with Crippen LogP contribution in [0.15, 0.2) is 18.2 Å². The van der Waals surface area contributed by atoms with Crippen molar-refractivity contribution in [1.29, 1.82) is 0 Å². The molecule has 2 aliphatic rings. The molecule has 2 fully saturated rings. The van der Waals surface area contributed by atoms with E-state index in [4.69, 9.17) is 5.73 Å². The Morgan fingerprint density at radius 1 is 1.10 bits per heavy atom. The summed E-state index contributed by atoms with van der Waals surface area (Å²) in [6.07, 6.45) is 8.26. The molecular weight excluding hydrogens is 251 g/mol. The van der Waals surface area contributed by atoms with E-state index in [1.165, 1.54) is 38.5 Å². The zero-order chi connectivity index (χ0) is 14.0. The fraction of sp³-hybridized carbons (Fsp3) is 0.647. The van der Waals surface area contributed by atoms with Gasteiger partial charge in [0.1, 0.15) is 5.82 Å². The molecule has 2 nitrogen and oxygen atoms in total. The Labute approximate surface area is 121 Å². The minimum Gasteiger partial charge on any atom is -0.326 e. The van der Waals surface area contributed by atoms with Crippen molar-refractivity contribution in [2.24, 2.45) is 11.1 Å². The van der Waals surface area contributed by atoms with E-state index in [1.807, 2.05) is 12.1 Å². The van der Waals surface area contributed by atoms with Crippen LogP contribution >= 0.6 is 0 Å². The zero-order valence-corrected chi connectivity index (χ0v) is 12.2. The first-order valence-corrected chi connectivity index (χ1v) is 7.91. The molecule has 1 aliphatic carbocycles. The highest BCUT2D eigenvalue weighted by Gasteiger charge is 2.36. The molecule has 0 bridgehead atoms. The monoisotopic (exact) mass is 276 g/mol. The second kappa shape index (κ2) is 5.82. The van der Waals surface area contributed by atoms with E-state index >= 15 is 0 Å². The third-order valence-corrected chi connectivity index (χ3v) is 5.33. The van der Waals surface area contributed by atoms with Crippen LogP contribution in [0, 0.1) is 11.2 Å². The maximum atomic E-state index is 14.0. The maximum Gasteiger partial charge on any atom is 0.128 e. The van der Waals surface area contributed by atoms with Crippen LogP contribution < -0.4 is 5.73 Å². The molecular formula is C17H25FN2. The van der Waals surface area contributed by atoms with Crippen LogP contribution in [0.25, 0.3) is 0 Å². The summed E-state index contributed by atoms with van der Waals surface area (Å²) < 4.78 is 14.0. The molecule has 1 aromatic rings. The van der Waals surface area contributed by atoms with Crippen molar-refractivity contribution in [1.82, 2.24) is 4.90 Å². The second-order valence-corrected chi connectivity index (χ2v) is 6.61. The predicted molar refractivity (Wildman–Crippen MR) is 79.7 cm³/mol. The molecule has 0 unspecified atom stereocenters. The number of benzene rings is 1. The fourth-order valence-electron chi connectivity index (χ4n) is 3.90. The van der Waals surface area contributed by atoms with Crippen LogP contribution in [-0.4, -0.2) is 18.0 Å². The summed E-state index contributed by atoms with van der Waals surface area (Å²) in [5.41, 5.74) is 7.86. The number of rotatable bonds is 3. The van der Waals surface area contributed by atoms with Crippen LogP contribution in [0.4, 0.5) is 4.39 Å². The Morgan fingerprint density at radius 2 is 1.80 bits per heavy atom. The number of nitrogens with two attached hydrogens (primary N) is 1. The van der Waals surface area contributed by atoms with Gasteiger partial charge in [0.05, 0.1) is 0 Å². The molecule has 0 aromatic heterocycles. The van der Waals surface area contributed by atoms with E-state index in [-0.39, 0.29) is 5.82 Å². The second-order valence-electron chi connectivity index (χ2n) is 6.61. The van der Waals surface area contributed by atoms with Gasteiger partial charge >= 0.3 is 0 Å². The highest BCUT2D eigenvalue weighted by atomic mass is 19.1. The summed E-state index contributed by atoms with van der Waals surface area (Å²) in [5, 5.41) is 0. The van der Waals surface area contributed by atoms with Gasteiger partial charge in [0.15, 0.2) is 0 Å². The summed E-state index contributed by atoms with van der Waals surface area (Å²) in [4.78, 5) is 2.41. The Balaban J connectivity index is 1.59. The summed E-state index contributed by atoms with van der Waals surface area (Å²) in [6.45, 7) is 3.40. The summed E-state index contributed by atoms with van der Waals surface area (Å²) >= 11 is 0. The molecule has 0 amide bonds. The van der Waals surface area contributed by atoms with E-state index < -0.39 is 0 Å². The topological polar surface area (TPSA) is 29.3 Å². The van der Waals surface area contributed by atoms with Crippen LogP contribution in [0.1, 0.15) is 49.7 Å². The van der Waals surface area contributed by atoms with E-state index in [2.05, 4.69) is 4.90 Å². The molecule has 0 atom stereocenters. The van der Waals surface area contributed by atoms with E-state index in [9.17, 15) is 4.39 Å². The van der Waals surface area contributed by atoms with Gasteiger partial charge in [-0.3, -0.25) is 4.90 Å². The quantitative estimate of drug-likeness (QED) is 0.916. The SMILES string of the molecule is NCc1ccc(CN2CCC3(CCCC3)CC2)c(F)c1. The molecule has 1 aromatic carbocycles. The highest BCUT2D eigenvalue weighted by molar-refractivity contribution is 5.24. The molecule has 1 aliphatic heterocycles. The smallest absolute Gasteiger partial charge is 0.128 e. The van der Waals surface area contributed by atoms with Crippen molar-refractivity contribution in [2.45, 2.75) is 51.6 Å². The first-order valence-electron chi connectivity index (χ1n) is 7.91. The largest absolute Gasteiger partial charge is 0.326 e. The third kappa shape index (κ3) is 2.89. The number of nitrogens with zero attached hydrogens (tertiary/aromatic N) is 1. The zero-order valence-electron chi connectivity index (χ0n) is 12.2. The summed E-state index contributed by atoms with van der Waals surface area (Å²) in [7, 11) is 0. The van der Waals surface area contributed by atoms with Gasteiger partial charge in [-0.25, -0.2) is 4.39 Å². The minimum absolute atomic E-state index is 0.103. The molecule has 2 N–H and O–H groups in total. The van der Waals surface area contributed by atoms with Gasteiger partial charge < -0.3 is 5.73 Å². The summed E-state index contributed by atoms with van der Waals surface area (Å²) in [6, 6.07) is 5.43. The Kier molecular flexibility index (Phi) is 4.08. The summed E-state index contributed by atoms with van der Waals surface area (Å²) in [5.74, 6) is -0.103. The van der Waals surface area contributed by atoms with Crippen molar-refractivity contribution in [3.05, 3.63) is 35.1 Å². The van der Waals surface area contributed by atoms with Crippen LogP contribution in [0.2, 0.25) is 0 Å². The number of piperidine rings is 1. The van der Waals surface area contributed by atoms with Gasteiger partial charge in [-0.2, -0.15) is 0 Å². The van der Waals surface area contributed by atoms with Gasteiger partial charge in [-0.15, -0.1) is 0 Å². The van der Waals surface area contributed by atoms with Crippen molar-refractivity contribution >= 4 is 0 Å². The fourth-order valence-corrected chi connectivity index (χ4v) is 3.90. The average Bonchev–Trinajstić information content (AvgIpc) is 2.92. The first kappa shape index (κ1) is 14.0. The molecule has 3 rings (SSSR count). The van der Waals surface area contributed by atoms with Crippen LogP contribution in [-0.2, 0) is 13.1 Å². The molecule has 110 valence electrons. The van der Waals surface area contributed by atoms with Gasteiger partial charge in [0.25, 0.3) is 0 Å². The number of hydrogen-bond donors (Lipinski definition) is 1. The Hall–Kier alpha value is -0.930. The van der Waals surface area contributed by atoms with Gasteiger partial charge in [-0.05, 0) is 55.8 Å². The minimum atomic E-state index is -0.103. The van der Waals surface area contributed by atoms with E-state index in [1.54, 1.807) is 6.07 Å². The van der Waals surface area contributed by atoms with E-state index in [0.29, 0.717) is 12.0 Å². The van der Waals surface area contributed by atoms with Gasteiger partial charge in [0.2, 0.25) is 0 Å². The Bertz CT molecular complexity index is 456. The lowest BCUT2D eigenvalue weighted by atomic mass is 9.77. The number of hydrogen-bond acceptors (Lipinski definition) is 2. The first-order chi connectivity index (χ1) is 9.71. The average molecular weight is 276 g/mol. The molecule has 3 heteroatoms. The highest BCUT2D eigenvalue weighted by Crippen LogP contribution is 2.46. The Morgan fingerprint density at radius 3 is 2.40 bits per heavy atom. The normalized spacial score (nSPS) is 22.5. The molecule has 1 saturated carbocycles.